The summed E-state index contributed by atoms with van der Waals surface area (Å²) in [6, 6.07) is 0. The van der Waals surface area contributed by atoms with Gasteiger partial charge in [0.2, 0.25) is 5.91 Å². The summed E-state index contributed by atoms with van der Waals surface area (Å²) < 4.78 is 0. The van der Waals surface area contributed by atoms with Crippen molar-refractivity contribution >= 4 is 17.5 Å². The van der Waals surface area contributed by atoms with Crippen molar-refractivity contribution in [1.29, 1.82) is 0 Å². The molecular formula is C4H8ClNO. The van der Waals surface area contributed by atoms with Gasteiger partial charge in [-0.3, -0.25) is 4.79 Å². The van der Waals surface area contributed by atoms with E-state index in [2.05, 4.69) is 5.32 Å². The number of carbonyl (C=O) groups is 1. The number of alkyl halides is 1. The van der Waals surface area contributed by atoms with Crippen LogP contribution in [0.25, 0.3) is 0 Å². The molecule has 0 bridgehead atoms. The van der Waals surface area contributed by atoms with Crippen LogP contribution in [0.3, 0.4) is 0 Å². The highest BCUT2D eigenvalue weighted by molar-refractivity contribution is 6.20. The summed E-state index contributed by atoms with van der Waals surface area (Å²) in [7, 11) is 0. The molecule has 0 rings (SSSR count). The molecule has 42 valence electrons. The molecule has 1 amide bonds. The second kappa shape index (κ2) is 2.86. The number of hydrogen-bond acceptors (Lipinski definition) is 1. The van der Waals surface area contributed by atoms with Gasteiger partial charge in [0.05, 0.1) is 0 Å². The van der Waals surface area contributed by atoms with E-state index in [0.29, 0.717) is 0 Å². The summed E-state index contributed by atoms with van der Waals surface area (Å²) in [5.74, 6) is -0.0949. The third-order valence-corrected chi connectivity index (χ3v) is 0.511. The standard InChI is InChI=1S/C4H8ClNO/c1-3(5)6-4(2)7/h3H,1-2H3,(H,6,7). The van der Waals surface area contributed by atoms with Crippen LogP contribution in [0, 0.1) is 0 Å². The van der Waals surface area contributed by atoms with Gasteiger partial charge in [0.1, 0.15) is 5.50 Å². The SMILES string of the molecule is CC(=O)NC(C)Cl. The van der Waals surface area contributed by atoms with E-state index in [1.165, 1.54) is 6.92 Å². The first-order valence-electron chi connectivity index (χ1n) is 2.04. The van der Waals surface area contributed by atoms with Gasteiger partial charge in [-0.25, -0.2) is 0 Å². The average Bonchev–Trinajstić information content (AvgIpc) is 1.27. The number of amides is 1. The topological polar surface area (TPSA) is 29.1 Å². The van der Waals surface area contributed by atoms with Crippen LogP contribution in [-0.2, 0) is 4.79 Å². The van der Waals surface area contributed by atoms with Gasteiger partial charge in [0, 0.05) is 6.92 Å². The monoisotopic (exact) mass is 121 g/mol. The van der Waals surface area contributed by atoms with Gasteiger partial charge in [-0.05, 0) is 6.92 Å². The average molecular weight is 122 g/mol. The van der Waals surface area contributed by atoms with E-state index >= 15 is 0 Å². The maximum atomic E-state index is 10.1. The first kappa shape index (κ1) is 6.76. The minimum atomic E-state index is -0.252. The van der Waals surface area contributed by atoms with E-state index in [0.717, 1.165) is 0 Å². The fourth-order valence-corrected chi connectivity index (χ4v) is 0.434. The Kier molecular flexibility index (Phi) is 2.76. The second-order valence-corrected chi connectivity index (χ2v) is 1.97. The van der Waals surface area contributed by atoms with Gasteiger partial charge in [0.25, 0.3) is 0 Å². The van der Waals surface area contributed by atoms with Crippen molar-refractivity contribution in [1.82, 2.24) is 5.32 Å². The Bertz CT molecular complexity index is 72.1. The van der Waals surface area contributed by atoms with Gasteiger partial charge in [-0.2, -0.15) is 0 Å². The normalized spacial score (nSPS) is 13.0. The molecule has 0 fully saturated rings. The molecule has 0 spiro atoms. The maximum Gasteiger partial charge on any atom is 0.218 e. The number of carbonyl (C=O) groups excluding carboxylic acids is 1. The van der Waals surface area contributed by atoms with Crippen molar-refractivity contribution in [3.05, 3.63) is 0 Å². The second-order valence-electron chi connectivity index (χ2n) is 1.32. The molecule has 1 unspecified atom stereocenters. The van der Waals surface area contributed by atoms with Gasteiger partial charge >= 0.3 is 0 Å². The zero-order valence-electron chi connectivity index (χ0n) is 4.36. The van der Waals surface area contributed by atoms with Crippen molar-refractivity contribution in [2.75, 3.05) is 0 Å². The molecule has 0 aromatic rings. The quantitative estimate of drug-likeness (QED) is 0.402. The summed E-state index contributed by atoms with van der Waals surface area (Å²) >= 11 is 5.34. The lowest BCUT2D eigenvalue weighted by Crippen LogP contribution is -2.25. The molecule has 0 saturated heterocycles. The van der Waals surface area contributed by atoms with Crippen LogP contribution < -0.4 is 5.32 Å². The Morgan fingerprint density at radius 3 is 2.29 bits per heavy atom. The van der Waals surface area contributed by atoms with Crippen molar-refractivity contribution in [3.8, 4) is 0 Å². The molecule has 0 saturated carbocycles. The number of nitrogens with one attached hydrogen (secondary N) is 1. The van der Waals surface area contributed by atoms with Gasteiger partial charge in [-0.1, -0.05) is 11.6 Å². The smallest absolute Gasteiger partial charge is 0.218 e. The van der Waals surface area contributed by atoms with E-state index in [1.54, 1.807) is 6.92 Å². The van der Waals surface area contributed by atoms with Crippen LogP contribution in [0.2, 0.25) is 0 Å². The molecule has 0 aliphatic heterocycles. The molecular weight excluding hydrogens is 114 g/mol. The van der Waals surface area contributed by atoms with Crippen LogP contribution in [0.5, 0.6) is 0 Å². The zero-order chi connectivity index (χ0) is 5.86. The Labute approximate surface area is 47.8 Å². The molecule has 0 aromatic heterocycles. The zero-order valence-corrected chi connectivity index (χ0v) is 5.12. The van der Waals surface area contributed by atoms with Crippen molar-refractivity contribution < 1.29 is 4.79 Å². The minimum Gasteiger partial charge on any atom is -0.340 e. The molecule has 3 heteroatoms. The van der Waals surface area contributed by atoms with E-state index in [1.807, 2.05) is 0 Å². The third kappa shape index (κ3) is 5.76. The fourth-order valence-electron chi connectivity index (χ4n) is 0.280. The number of halogens is 1. The lowest BCUT2D eigenvalue weighted by molar-refractivity contribution is -0.119. The number of rotatable bonds is 1. The minimum absolute atomic E-state index is 0.0949. The molecule has 0 heterocycles. The van der Waals surface area contributed by atoms with E-state index in [-0.39, 0.29) is 11.4 Å². The summed E-state index contributed by atoms with van der Waals surface area (Å²) in [5, 5.41) is 2.43. The molecule has 0 aliphatic rings. The first-order chi connectivity index (χ1) is 3.13. The Morgan fingerprint density at radius 1 is 1.86 bits per heavy atom. The lowest BCUT2D eigenvalue weighted by atomic mass is 10.6. The van der Waals surface area contributed by atoms with Crippen molar-refractivity contribution in [2.45, 2.75) is 19.3 Å². The molecule has 1 atom stereocenters. The fraction of sp³-hybridized carbons (Fsp3) is 0.750. The largest absolute Gasteiger partial charge is 0.340 e. The van der Waals surface area contributed by atoms with Gasteiger partial charge in [0.15, 0.2) is 0 Å². The highest BCUT2D eigenvalue weighted by Crippen LogP contribution is 1.84. The van der Waals surface area contributed by atoms with Crippen LogP contribution in [0.15, 0.2) is 0 Å². The van der Waals surface area contributed by atoms with E-state index < -0.39 is 0 Å². The predicted molar refractivity (Wildman–Crippen MR) is 29.1 cm³/mol. The van der Waals surface area contributed by atoms with Crippen LogP contribution in [-0.4, -0.2) is 11.4 Å². The van der Waals surface area contributed by atoms with E-state index in [9.17, 15) is 4.79 Å². The molecule has 0 aromatic carbocycles. The highest BCUT2D eigenvalue weighted by atomic mass is 35.5. The van der Waals surface area contributed by atoms with Crippen LogP contribution >= 0.6 is 11.6 Å². The van der Waals surface area contributed by atoms with Gasteiger partial charge < -0.3 is 5.32 Å². The summed E-state index contributed by atoms with van der Waals surface area (Å²) in [4.78, 5) is 10.1. The Hall–Kier alpha value is -0.240. The summed E-state index contributed by atoms with van der Waals surface area (Å²) in [6.45, 7) is 3.13. The summed E-state index contributed by atoms with van der Waals surface area (Å²) in [6.07, 6.45) is 0. The third-order valence-electron chi connectivity index (χ3n) is 0.402. The molecule has 1 N–H and O–H groups in total. The van der Waals surface area contributed by atoms with Crippen molar-refractivity contribution in [3.63, 3.8) is 0 Å². The van der Waals surface area contributed by atoms with Crippen molar-refractivity contribution in [2.24, 2.45) is 0 Å². The molecule has 0 radical (unpaired) electrons. The highest BCUT2D eigenvalue weighted by Gasteiger charge is 1.93. The summed E-state index contributed by atoms with van der Waals surface area (Å²) in [5.41, 5.74) is -0.252. The van der Waals surface area contributed by atoms with Gasteiger partial charge in [-0.15, -0.1) is 0 Å². The first-order valence-corrected chi connectivity index (χ1v) is 2.47. The van der Waals surface area contributed by atoms with Crippen LogP contribution in [0.1, 0.15) is 13.8 Å². The molecule has 7 heavy (non-hydrogen) atoms. The van der Waals surface area contributed by atoms with Crippen LogP contribution in [0.4, 0.5) is 0 Å². The predicted octanol–water partition coefficient (Wildman–Crippen LogP) is 0.707. The Morgan fingerprint density at radius 2 is 2.29 bits per heavy atom. The lowest BCUT2D eigenvalue weighted by Gasteiger charge is -1.99. The molecule has 0 aliphatic carbocycles. The molecule has 2 nitrogen and oxygen atoms in total. The van der Waals surface area contributed by atoms with E-state index in [4.69, 9.17) is 11.6 Å². The number of hydrogen-bond donors (Lipinski definition) is 1. The maximum absolute atomic E-state index is 10.1. The Balaban J connectivity index is 3.13.